The van der Waals surface area contributed by atoms with Crippen molar-refractivity contribution in [1.29, 1.82) is 5.26 Å². The summed E-state index contributed by atoms with van der Waals surface area (Å²) in [6.07, 6.45) is 0. The van der Waals surface area contributed by atoms with Gasteiger partial charge in [-0.3, -0.25) is 4.79 Å². The van der Waals surface area contributed by atoms with Crippen molar-refractivity contribution < 1.29 is 14.3 Å². The van der Waals surface area contributed by atoms with E-state index in [0.29, 0.717) is 11.3 Å². The lowest BCUT2D eigenvalue weighted by Crippen LogP contribution is -2.38. The number of amides is 3. The SMILES string of the molecule is N#Cc1ccc(OCC(=O)NCCNC(N)=O)cc1. The Morgan fingerprint density at radius 2 is 1.84 bits per heavy atom. The van der Waals surface area contributed by atoms with Gasteiger partial charge < -0.3 is 21.1 Å². The van der Waals surface area contributed by atoms with Crippen LogP contribution in [0.15, 0.2) is 24.3 Å². The molecule has 1 rings (SSSR count). The van der Waals surface area contributed by atoms with Crippen LogP contribution in [0.3, 0.4) is 0 Å². The van der Waals surface area contributed by atoms with Gasteiger partial charge in [0.2, 0.25) is 0 Å². The first-order valence-corrected chi connectivity index (χ1v) is 5.55. The van der Waals surface area contributed by atoms with E-state index in [2.05, 4.69) is 10.6 Å². The molecule has 0 spiro atoms. The van der Waals surface area contributed by atoms with Crippen LogP contribution in [0.4, 0.5) is 4.79 Å². The fraction of sp³-hybridized carbons (Fsp3) is 0.250. The second-order valence-corrected chi connectivity index (χ2v) is 3.57. The third-order valence-corrected chi connectivity index (χ3v) is 2.10. The van der Waals surface area contributed by atoms with Crippen LogP contribution in [-0.4, -0.2) is 31.6 Å². The Hall–Kier alpha value is -2.75. The highest BCUT2D eigenvalue weighted by atomic mass is 16.5. The molecule has 4 N–H and O–H groups in total. The van der Waals surface area contributed by atoms with Crippen molar-refractivity contribution in [2.75, 3.05) is 19.7 Å². The van der Waals surface area contributed by atoms with Gasteiger partial charge in [0.15, 0.2) is 6.61 Å². The van der Waals surface area contributed by atoms with Crippen LogP contribution in [0, 0.1) is 11.3 Å². The zero-order valence-corrected chi connectivity index (χ0v) is 10.2. The molecule has 0 atom stereocenters. The smallest absolute Gasteiger partial charge is 0.312 e. The van der Waals surface area contributed by atoms with Gasteiger partial charge in [-0.05, 0) is 24.3 Å². The molecular formula is C12H14N4O3. The van der Waals surface area contributed by atoms with Gasteiger partial charge in [0.1, 0.15) is 5.75 Å². The van der Waals surface area contributed by atoms with Gasteiger partial charge in [-0.25, -0.2) is 4.79 Å². The van der Waals surface area contributed by atoms with Crippen LogP contribution < -0.4 is 21.1 Å². The topological polar surface area (TPSA) is 117 Å². The molecule has 100 valence electrons. The van der Waals surface area contributed by atoms with Crippen LogP contribution in [-0.2, 0) is 4.79 Å². The maximum absolute atomic E-state index is 11.4. The number of carbonyl (C=O) groups excluding carboxylic acids is 2. The molecule has 19 heavy (non-hydrogen) atoms. The summed E-state index contributed by atoms with van der Waals surface area (Å²) in [4.78, 5) is 21.7. The lowest BCUT2D eigenvalue weighted by atomic mass is 10.2. The van der Waals surface area contributed by atoms with Crippen LogP contribution >= 0.6 is 0 Å². The number of hydrogen-bond acceptors (Lipinski definition) is 4. The number of hydrogen-bond donors (Lipinski definition) is 3. The van der Waals surface area contributed by atoms with E-state index in [0.717, 1.165) is 0 Å². The molecule has 7 heteroatoms. The number of nitrogens with one attached hydrogen (secondary N) is 2. The molecule has 0 radical (unpaired) electrons. The number of rotatable bonds is 6. The molecule has 1 aromatic rings. The maximum Gasteiger partial charge on any atom is 0.312 e. The molecule has 0 heterocycles. The van der Waals surface area contributed by atoms with E-state index < -0.39 is 6.03 Å². The Morgan fingerprint density at radius 3 is 2.42 bits per heavy atom. The summed E-state index contributed by atoms with van der Waals surface area (Å²) in [6.45, 7) is 0.402. The highest BCUT2D eigenvalue weighted by Gasteiger charge is 2.02. The van der Waals surface area contributed by atoms with E-state index in [-0.39, 0.29) is 25.6 Å². The van der Waals surface area contributed by atoms with Gasteiger partial charge in [0, 0.05) is 13.1 Å². The lowest BCUT2D eigenvalue weighted by molar-refractivity contribution is -0.123. The quantitative estimate of drug-likeness (QED) is 0.611. The van der Waals surface area contributed by atoms with Crippen molar-refractivity contribution in [3.8, 4) is 11.8 Å². The molecule has 0 aliphatic carbocycles. The summed E-state index contributed by atoms with van der Waals surface area (Å²) < 4.78 is 5.21. The molecule has 0 bridgehead atoms. The largest absolute Gasteiger partial charge is 0.484 e. The maximum atomic E-state index is 11.4. The average Bonchev–Trinajstić information content (AvgIpc) is 2.41. The molecule has 3 amide bonds. The summed E-state index contributed by atoms with van der Waals surface area (Å²) in [7, 11) is 0. The van der Waals surface area contributed by atoms with Crippen molar-refractivity contribution in [3.05, 3.63) is 29.8 Å². The molecule has 0 saturated carbocycles. The van der Waals surface area contributed by atoms with Crippen molar-refractivity contribution in [1.82, 2.24) is 10.6 Å². The zero-order valence-electron chi connectivity index (χ0n) is 10.2. The molecule has 0 saturated heterocycles. The minimum absolute atomic E-state index is 0.136. The van der Waals surface area contributed by atoms with E-state index in [4.69, 9.17) is 15.7 Å². The Labute approximate surface area is 110 Å². The van der Waals surface area contributed by atoms with Gasteiger partial charge in [-0.2, -0.15) is 5.26 Å². The van der Waals surface area contributed by atoms with E-state index in [9.17, 15) is 9.59 Å². The van der Waals surface area contributed by atoms with Gasteiger partial charge in [0.25, 0.3) is 5.91 Å². The Morgan fingerprint density at radius 1 is 1.21 bits per heavy atom. The molecule has 0 aromatic heterocycles. The number of urea groups is 1. The first-order chi connectivity index (χ1) is 9.11. The number of primary amides is 1. The predicted molar refractivity (Wildman–Crippen MR) is 67.2 cm³/mol. The highest BCUT2D eigenvalue weighted by molar-refractivity contribution is 5.77. The first-order valence-electron chi connectivity index (χ1n) is 5.55. The monoisotopic (exact) mass is 262 g/mol. The first kappa shape index (κ1) is 14.3. The fourth-order valence-corrected chi connectivity index (χ4v) is 1.21. The summed E-state index contributed by atoms with van der Waals surface area (Å²) in [6, 6.07) is 7.77. The molecule has 0 aliphatic heterocycles. The summed E-state index contributed by atoms with van der Waals surface area (Å²) in [5, 5.41) is 13.5. The number of nitrogens with two attached hydrogens (primary N) is 1. The van der Waals surface area contributed by atoms with E-state index in [1.165, 1.54) is 0 Å². The molecule has 0 unspecified atom stereocenters. The second-order valence-electron chi connectivity index (χ2n) is 3.57. The Bertz CT molecular complexity index is 479. The third-order valence-electron chi connectivity index (χ3n) is 2.10. The molecule has 1 aromatic carbocycles. The number of nitriles is 1. The van der Waals surface area contributed by atoms with Crippen LogP contribution in [0.25, 0.3) is 0 Å². The van der Waals surface area contributed by atoms with E-state index in [1.54, 1.807) is 24.3 Å². The number of nitrogens with zero attached hydrogens (tertiary/aromatic N) is 1. The molecular weight excluding hydrogens is 248 g/mol. The Balaban J connectivity index is 2.22. The second kappa shape index (κ2) is 7.55. The molecule has 0 aliphatic rings. The van der Waals surface area contributed by atoms with Crippen molar-refractivity contribution >= 4 is 11.9 Å². The minimum atomic E-state index is -0.636. The number of ether oxygens (including phenoxy) is 1. The van der Waals surface area contributed by atoms with Gasteiger partial charge >= 0.3 is 6.03 Å². The van der Waals surface area contributed by atoms with Crippen LogP contribution in [0.5, 0.6) is 5.75 Å². The normalized spacial score (nSPS) is 9.21. The van der Waals surface area contributed by atoms with Gasteiger partial charge in [-0.15, -0.1) is 0 Å². The lowest BCUT2D eigenvalue weighted by Gasteiger charge is -2.07. The standard InChI is InChI=1S/C12H14N4O3/c13-7-9-1-3-10(4-2-9)19-8-11(17)15-5-6-16-12(14)18/h1-4H,5-6,8H2,(H,15,17)(H3,14,16,18). The highest BCUT2D eigenvalue weighted by Crippen LogP contribution is 2.10. The van der Waals surface area contributed by atoms with E-state index in [1.807, 2.05) is 6.07 Å². The summed E-state index contributed by atoms with van der Waals surface area (Å²) in [5.74, 6) is 0.194. The fourth-order valence-electron chi connectivity index (χ4n) is 1.21. The Kier molecular flexibility index (Phi) is 5.69. The molecule has 7 nitrogen and oxygen atoms in total. The van der Waals surface area contributed by atoms with Crippen LogP contribution in [0.1, 0.15) is 5.56 Å². The third kappa shape index (κ3) is 5.93. The van der Waals surface area contributed by atoms with E-state index >= 15 is 0 Å². The zero-order chi connectivity index (χ0) is 14.1. The predicted octanol–water partition coefficient (Wildman–Crippen LogP) is -0.278. The van der Waals surface area contributed by atoms with Gasteiger partial charge in [-0.1, -0.05) is 0 Å². The number of benzene rings is 1. The van der Waals surface area contributed by atoms with Crippen molar-refractivity contribution in [3.63, 3.8) is 0 Å². The van der Waals surface area contributed by atoms with Crippen molar-refractivity contribution in [2.24, 2.45) is 5.73 Å². The van der Waals surface area contributed by atoms with Crippen LogP contribution in [0.2, 0.25) is 0 Å². The number of carbonyl (C=O) groups is 2. The average molecular weight is 262 g/mol. The van der Waals surface area contributed by atoms with Gasteiger partial charge in [0.05, 0.1) is 11.6 Å². The minimum Gasteiger partial charge on any atom is -0.484 e. The summed E-state index contributed by atoms with van der Waals surface area (Å²) >= 11 is 0. The summed E-state index contributed by atoms with van der Waals surface area (Å²) in [5.41, 5.74) is 5.38. The van der Waals surface area contributed by atoms with Crippen molar-refractivity contribution in [2.45, 2.75) is 0 Å². The molecule has 0 fully saturated rings.